The van der Waals surface area contributed by atoms with Crippen molar-refractivity contribution in [1.82, 2.24) is 19.8 Å². The molecule has 0 aliphatic heterocycles. The Bertz CT molecular complexity index is 985. The molecule has 1 aromatic carbocycles. The lowest BCUT2D eigenvalue weighted by molar-refractivity contribution is 0.425. The standard InChI is InChI=1S/C16H17N5O3S/c1-11-20-16(24-21-11)13-7-5-9-18-15(13)19-10-12-6-3-4-8-14(12)25(22,23)17-2/h3-9,17H,10H2,1-2H3,(H,18,19). The molecule has 0 bridgehead atoms. The molecule has 0 aliphatic carbocycles. The molecule has 0 atom stereocenters. The summed E-state index contributed by atoms with van der Waals surface area (Å²) in [5.41, 5.74) is 1.27. The predicted octanol–water partition coefficient (Wildman–Crippen LogP) is 1.96. The molecule has 9 heteroatoms. The van der Waals surface area contributed by atoms with Crippen molar-refractivity contribution in [2.45, 2.75) is 18.4 Å². The smallest absolute Gasteiger partial charge is 0.261 e. The quantitative estimate of drug-likeness (QED) is 0.692. The van der Waals surface area contributed by atoms with Gasteiger partial charge < -0.3 is 9.84 Å². The molecule has 0 saturated carbocycles. The van der Waals surface area contributed by atoms with Crippen molar-refractivity contribution in [3.8, 4) is 11.5 Å². The highest BCUT2D eigenvalue weighted by Gasteiger charge is 2.17. The number of nitrogens with zero attached hydrogens (tertiary/aromatic N) is 3. The highest BCUT2D eigenvalue weighted by molar-refractivity contribution is 7.89. The first-order valence-electron chi connectivity index (χ1n) is 7.52. The van der Waals surface area contributed by atoms with Gasteiger partial charge in [-0.3, -0.25) is 0 Å². The highest BCUT2D eigenvalue weighted by atomic mass is 32.2. The average molecular weight is 359 g/mol. The number of rotatable bonds is 6. The number of aryl methyl sites for hydroxylation is 1. The summed E-state index contributed by atoms with van der Waals surface area (Å²) in [6.45, 7) is 2.00. The van der Waals surface area contributed by atoms with Crippen molar-refractivity contribution in [3.05, 3.63) is 54.0 Å². The van der Waals surface area contributed by atoms with E-state index in [2.05, 4.69) is 25.2 Å². The third kappa shape index (κ3) is 3.67. The molecule has 0 aliphatic rings. The number of hydrogen-bond acceptors (Lipinski definition) is 7. The summed E-state index contributed by atoms with van der Waals surface area (Å²) in [4.78, 5) is 8.71. The zero-order chi connectivity index (χ0) is 17.9. The lowest BCUT2D eigenvalue weighted by atomic mass is 10.2. The maximum atomic E-state index is 12.1. The van der Waals surface area contributed by atoms with E-state index in [9.17, 15) is 8.42 Å². The van der Waals surface area contributed by atoms with Gasteiger partial charge in [0, 0.05) is 12.7 Å². The molecular weight excluding hydrogens is 342 g/mol. The Morgan fingerprint density at radius 1 is 1.16 bits per heavy atom. The highest BCUT2D eigenvalue weighted by Crippen LogP contribution is 2.25. The van der Waals surface area contributed by atoms with Crippen molar-refractivity contribution >= 4 is 15.8 Å². The van der Waals surface area contributed by atoms with Gasteiger partial charge >= 0.3 is 0 Å². The van der Waals surface area contributed by atoms with Crippen LogP contribution in [0.1, 0.15) is 11.4 Å². The summed E-state index contributed by atoms with van der Waals surface area (Å²) in [5.74, 6) is 1.40. The number of benzene rings is 1. The summed E-state index contributed by atoms with van der Waals surface area (Å²) < 4.78 is 31.8. The third-order valence-electron chi connectivity index (χ3n) is 3.54. The van der Waals surface area contributed by atoms with Crippen molar-refractivity contribution in [2.75, 3.05) is 12.4 Å². The molecule has 2 heterocycles. The van der Waals surface area contributed by atoms with Gasteiger partial charge in [-0.25, -0.2) is 18.1 Å². The number of aromatic nitrogens is 3. The van der Waals surface area contributed by atoms with Crippen LogP contribution in [0.5, 0.6) is 0 Å². The van der Waals surface area contributed by atoms with E-state index in [4.69, 9.17) is 4.52 Å². The van der Waals surface area contributed by atoms with Crippen molar-refractivity contribution in [2.24, 2.45) is 0 Å². The number of hydrogen-bond donors (Lipinski definition) is 2. The molecule has 0 amide bonds. The monoisotopic (exact) mass is 359 g/mol. The second-order valence-corrected chi connectivity index (χ2v) is 7.07. The molecule has 3 rings (SSSR count). The largest absolute Gasteiger partial charge is 0.365 e. The molecular formula is C16H17N5O3S. The number of nitrogens with one attached hydrogen (secondary N) is 2. The summed E-state index contributed by atoms with van der Waals surface area (Å²) in [7, 11) is -2.16. The summed E-state index contributed by atoms with van der Waals surface area (Å²) >= 11 is 0. The molecule has 2 aromatic heterocycles. The Balaban J connectivity index is 1.89. The second kappa shape index (κ2) is 6.99. The van der Waals surface area contributed by atoms with Gasteiger partial charge in [-0.2, -0.15) is 4.98 Å². The van der Waals surface area contributed by atoms with E-state index in [1.54, 1.807) is 49.5 Å². The number of anilines is 1. The number of sulfonamides is 1. The summed E-state index contributed by atoms with van der Waals surface area (Å²) in [6.07, 6.45) is 1.63. The van der Waals surface area contributed by atoms with Gasteiger partial charge in [0.1, 0.15) is 5.82 Å². The van der Waals surface area contributed by atoms with Crippen LogP contribution < -0.4 is 10.0 Å². The summed E-state index contributed by atoms with van der Waals surface area (Å²) in [5, 5.41) is 6.92. The van der Waals surface area contributed by atoms with Gasteiger partial charge in [0.05, 0.1) is 10.5 Å². The van der Waals surface area contributed by atoms with Crippen LogP contribution in [0.4, 0.5) is 5.82 Å². The molecule has 130 valence electrons. The van der Waals surface area contributed by atoms with Gasteiger partial charge in [-0.05, 0) is 37.7 Å². The minimum absolute atomic E-state index is 0.219. The number of pyridine rings is 1. The topological polar surface area (TPSA) is 110 Å². The maximum Gasteiger partial charge on any atom is 0.261 e. The van der Waals surface area contributed by atoms with Crippen LogP contribution in [-0.4, -0.2) is 30.6 Å². The Morgan fingerprint density at radius 2 is 1.96 bits per heavy atom. The minimum atomic E-state index is -3.54. The van der Waals surface area contributed by atoms with E-state index in [-0.39, 0.29) is 11.4 Å². The Hall–Kier alpha value is -2.78. The SMILES string of the molecule is CNS(=O)(=O)c1ccccc1CNc1ncccc1-c1nc(C)no1. The van der Waals surface area contributed by atoms with Gasteiger partial charge in [0.25, 0.3) is 5.89 Å². The molecule has 2 N–H and O–H groups in total. The molecule has 0 fully saturated rings. The molecule has 0 spiro atoms. The van der Waals surface area contributed by atoms with Gasteiger partial charge in [0.15, 0.2) is 5.82 Å². The lowest BCUT2D eigenvalue weighted by Crippen LogP contribution is -2.20. The van der Waals surface area contributed by atoms with Crippen LogP contribution in [0.15, 0.2) is 52.0 Å². The van der Waals surface area contributed by atoms with Crippen molar-refractivity contribution in [1.29, 1.82) is 0 Å². The molecule has 0 saturated heterocycles. The van der Waals surface area contributed by atoms with E-state index < -0.39 is 10.0 Å². The van der Waals surface area contributed by atoms with E-state index in [1.807, 2.05) is 0 Å². The van der Waals surface area contributed by atoms with Gasteiger partial charge in [-0.15, -0.1) is 0 Å². The average Bonchev–Trinajstić information content (AvgIpc) is 3.06. The van der Waals surface area contributed by atoms with Crippen LogP contribution in [0, 0.1) is 6.92 Å². The van der Waals surface area contributed by atoms with Crippen LogP contribution in [0.25, 0.3) is 11.5 Å². The van der Waals surface area contributed by atoms with E-state index in [0.29, 0.717) is 28.7 Å². The Kier molecular flexibility index (Phi) is 4.77. The molecule has 8 nitrogen and oxygen atoms in total. The second-order valence-electron chi connectivity index (χ2n) is 5.22. The zero-order valence-corrected chi connectivity index (χ0v) is 14.5. The molecule has 0 radical (unpaired) electrons. The Morgan fingerprint density at radius 3 is 2.68 bits per heavy atom. The fourth-order valence-corrected chi connectivity index (χ4v) is 3.29. The predicted molar refractivity (Wildman–Crippen MR) is 92.3 cm³/mol. The van der Waals surface area contributed by atoms with Gasteiger partial charge in [-0.1, -0.05) is 23.4 Å². The first-order chi connectivity index (χ1) is 12.0. The normalized spacial score (nSPS) is 11.4. The summed E-state index contributed by atoms with van der Waals surface area (Å²) in [6, 6.07) is 10.3. The molecule has 25 heavy (non-hydrogen) atoms. The fraction of sp³-hybridized carbons (Fsp3) is 0.188. The molecule has 0 unspecified atom stereocenters. The zero-order valence-electron chi connectivity index (χ0n) is 13.7. The van der Waals surface area contributed by atoms with Gasteiger partial charge in [0.2, 0.25) is 10.0 Å². The third-order valence-corrected chi connectivity index (χ3v) is 5.06. The Labute approximate surface area is 145 Å². The van der Waals surface area contributed by atoms with E-state index in [0.717, 1.165) is 0 Å². The van der Waals surface area contributed by atoms with Crippen LogP contribution in [0.2, 0.25) is 0 Å². The first-order valence-corrected chi connectivity index (χ1v) is 9.00. The van der Waals surface area contributed by atoms with Crippen LogP contribution >= 0.6 is 0 Å². The fourth-order valence-electron chi connectivity index (χ4n) is 2.33. The van der Waals surface area contributed by atoms with Crippen LogP contribution in [-0.2, 0) is 16.6 Å². The maximum absolute atomic E-state index is 12.1. The van der Waals surface area contributed by atoms with E-state index >= 15 is 0 Å². The lowest BCUT2D eigenvalue weighted by Gasteiger charge is -2.12. The van der Waals surface area contributed by atoms with Crippen molar-refractivity contribution in [3.63, 3.8) is 0 Å². The minimum Gasteiger partial charge on any atom is -0.365 e. The first kappa shape index (κ1) is 17.1. The van der Waals surface area contributed by atoms with Crippen LogP contribution in [0.3, 0.4) is 0 Å². The van der Waals surface area contributed by atoms with E-state index in [1.165, 1.54) is 7.05 Å². The van der Waals surface area contributed by atoms with Crippen molar-refractivity contribution < 1.29 is 12.9 Å². The molecule has 3 aromatic rings.